The van der Waals surface area contributed by atoms with Crippen molar-refractivity contribution in [3.05, 3.63) is 83.3 Å². The number of piperidine rings is 1. The number of ether oxygens (including phenoxy) is 1. The topological polar surface area (TPSA) is 66.5 Å². The summed E-state index contributed by atoms with van der Waals surface area (Å²) in [7, 11) is 1.63. The number of urea groups is 1. The van der Waals surface area contributed by atoms with E-state index in [2.05, 4.69) is 20.5 Å². The van der Waals surface area contributed by atoms with Gasteiger partial charge in [0.15, 0.2) is 0 Å². The molecule has 0 spiro atoms. The maximum absolute atomic E-state index is 13.3. The number of anilines is 2. The highest BCUT2D eigenvalue weighted by molar-refractivity contribution is 6.30. The smallest absolute Gasteiger partial charge is 0.319 e. The van der Waals surface area contributed by atoms with Crippen LogP contribution in [0.2, 0.25) is 5.02 Å². The molecule has 1 aromatic heterocycles. The molecule has 2 N–H and O–H groups in total. The van der Waals surface area contributed by atoms with Crippen molar-refractivity contribution in [2.75, 3.05) is 30.4 Å². The lowest BCUT2D eigenvalue weighted by atomic mass is 9.86. The van der Waals surface area contributed by atoms with Gasteiger partial charge in [0.05, 0.1) is 13.3 Å². The first-order valence-electron chi connectivity index (χ1n) is 10.4. The molecule has 8 heteroatoms. The lowest BCUT2D eigenvalue weighted by Crippen LogP contribution is -2.51. The number of pyridine rings is 1. The van der Waals surface area contributed by atoms with E-state index in [1.807, 2.05) is 24.3 Å². The van der Waals surface area contributed by atoms with E-state index in [0.29, 0.717) is 36.0 Å². The van der Waals surface area contributed by atoms with Gasteiger partial charge in [-0.3, -0.25) is 0 Å². The summed E-state index contributed by atoms with van der Waals surface area (Å²) in [5, 5.41) is 6.59. The van der Waals surface area contributed by atoms with Crippen LogP contribution in [0.5, 0.6) is 5.75 Å². The van der Waals surface area contributed by atoms with E-state index in [9.17, 15) is 9.18 Å². The summed E-state index contributed by atoms with van der Waals surface area (Å²) < 4.78 is 18.6. The molecule has 0 unspecified atom stereocenters. The lowest BCUT2D eigenvalue weighted by molar-refractivity contribution is 0.243. The maximum atomic E-state index is 13.3. The fraction of sp³-hybridized carbons (Fsp3) is 0.250. The average Bonchev–Trinajstić information content (AvgIpc) is 2.81. The molecule has 3 aromatic rings. The Balaban J connectivity index is 1.51. The van der Waals surface area contributed by atoms with Crippen LogP contribution in [0.25, 0.3) is 0 Å². The van der Waals surface area contributed by atoms with Crippen LogP contribution in [0.4, 0.5) is 20.7 Å². The fourth-order valence-corrected chi connectivity index (χ4v) is 4.07. The van der Waals surface area contributed by atoms with Crippen LogP contribution < -0.4 is 20.3 Å². The van der Waals surface area contributed by atoms with Crippen molar-refractivity contribution in [1.82, 2.24) is 10.3 Å². The highest BCUT2D eigenvalue weighted by Gasteiger charge is 2.32. The van der Waals surface area contributed by atoms with Crippen molar-refractivity contribution in [2.24, 2.45) is 0 Å². The Hall–Kier alpha value is -3.32. The van der Waals surface area contributed by atoms with Gasteiger partial charge in [0, 0.05) is 35.8 Å². The monoisotopic (exact) mass is 454 g/mol. The predicted molar refractivity (Wildman–Crippen MR) is 124 cm³/mol. The number of aromatic nitrogens is 1. The van der Waals surface area contributed by atoms with Crippen molar-refractivity contribution in [2.45, 2.75) is 18.4 Å². The van der Waals surface area contributed by atoms with Gasteiger partial charge in [0.25, 0.3) is 0 Å². The summed E-state index contributed by atoms with van der Waals surface area (Å²) in [5.41, 5.74) is 1.75. The number of benzene rings is 2. The summed E-state index contributed by atoms with van der Waals surface area (Å²) in [5.74, 6) is 1.13. The molecule has 1 aliphatic heterocycles. The van der Waals surface area contributed by atoms with E-state index in [4.69, 9.17) is 16.3 Å². The largest absolute Gasteiger partial charge is 0.497 e. The zero-order valence-electron chi connectivity index (χ0n) is 17.6. The molecule has 0 bridgehead atoms. The number of nitrogens with one attached hydrogen (secondary N) is 2. The zero-order valence-corrected chi connectivity index (χ0v) is 18.3. The van der Waals surface area contributed by atoms with Gasteiger partial charge in [-0.05, 0) is 60.5 Å². The van der Waals surface area contributed by atoms with E-state index in [0.717, 1.165) is 11.3 Å². The number of methoxy groups -OCH3 is 1. The maximum Gasteiger partial charge on any atom is 0.319 e. The van der Waals surface area contributed by atoms with Gasteiger partial charge < -0.3 is 20.3 Å². The highest BCUT2D eigenvalue weighted by atomic mass is 35.5. The molecule has 4 rings (SSSR count). The predicted octanol–water partition coefficient (Wildman–Crippen LogP) is 5.07. The molecule has 6 nitrogen and oxygen atoms in total. The van der Waals surface area contributed by atoms with Crippen molar-refractivity contribution in [3.8, 4) is 5.75 Å². The summed E-state index contributed by atoms with van der Waals surface area (Å²) >= 11 is 5.92. The SMILES string of the molecule is COc1ccc([C@@H]2CN(c3ccc(F)cn3)CC[C@H]2NC(=O)Nc2ccc(Cl)cc2)cc1. The first-order chi connectivity index (χ1) is 15.5. The summed E-state index contributed by atoms with van der Waals surface area (Å²) in [6.45, 7) is 1.33. The zero-order chi connectivity index (χ0) is 22.5. The average molecular weight is 455 g/mol. The van der Waals surface area contributed by atoms with Gasteiger partial charge in [-0.1, -0.05) is 23.7 Å². The summed E-state index contributed by atoms with van der Waals surface area (Å²) in [6, 6.07) is 17.5. The molecule has 2 heterocycles. The van der Waals surface area contributed by atoms with Gasteiger partial charge in [-0.15, -0.1) is 0 Å². The summed E-state index contributed by atoms with van der Waals surface area (Å²) in [4.78, 5) is 19.0. The number of amides is 2. The Kier molecular flexibility index (Phi) is 6.75. The highest BCUT2D eigenvalue weighted by Crippen LogP contribution is 2.31. The quantitative estimate of drug-likeness (QED) is 0.565. The molecule has 1 fully saturated rings. The van der Waals surface area contributed by atoms with Crippen molar-refractivity contribution >= 4 is 29.1 Å². The van der Waals surface area contributed by atoms with E-state index < -0.39 is 0 Å². The van der Waals surface area contributed by atoms with Crippen LogP contribution in [0.15, 0.2) is 66.9 Å². The van der Waals surface area contributed by atoms with Crippen molar-refractivity contribution < 1.29 is 13.9 Å². The minimum Gasteiger partial charge on any atom is -0.497 e. The molecular formula is C24H24ClFN4O2. The third-order valence-corrected chi connectivity index (χ3v) is 5.86. The molecule has 0 saturated carbocycles. The van der Waals surface area contributed by atoms with Gasteiger partial charge >= 0.3 is 6.03 Å². The minimum atomic E-state index is -0.365. The molecule has 0 radical (unpaired) electrons. The molecular weight excluding hydrogens is 431 g/mol. The second-order valence-electron chi connectivity index (χ2n) is 7.66. The fourth-order valence-electron chi connectivity index (χ4n) is 3.95. The lowest BCUT2D eigenvalue weighted by Gasteiger charge is -2.39. The van der Waals surface area contributed by atoms with Crippen LogP contribution >= 0.6 is 11.6 Å². The number of hydrogen-bond acceptors (Lipinski definition) is 4. The number of carbonyl (C=O) groups excluding carboxylic acids is 1. The number of nitrogens with zero attached hydrogens (tertiary/aromatic N) is 2. The Morgan fingerprint density at radius 3 is 2.53 bits per heavy atom. The van der Waals surface area contributed by atoms with Crippen LogP contribution in [-0.2, 0) is 0 Å². The molecule has 2 atom stereocenters. The first-order valence-corrected chi connectivity index (χ1v) is 10.7. The molecule has 2 amide bonds. The Morgan fingerprint density at radius 2 is 1.88 bits per heavy atom. The first kappa shape index (κ1) is 21.9. The molecule has 1 saturated heterocycles. The Bertz CT molecular complexity index is 1050. The van der Waals surface area contributed by atoms with Gasteiger partial charge in [0.1, 0.15) is 17.4 Å². The van der Waals surface area contributed by atoms with Crippen LogP contribution in [0.1, 0.15) is 17.9 Å². The normalized spacial score (nSPS) is 18.2. The van der Waals surface area contributed by atoms with E-state index in [1.54, 1.807) is 37.4 Å². The molecule has 32 heavy (non-hydrogen) atoms. The number of hydrogen-bond donors (Lipinski definition) is 2. The van der Waals surface area contributed by atoms with Crippen LogP contribution in [0, 0.1) is 5.82 Å². The van der Waals surface area contributed by atoms with E-state index in [-0.39, 0.29) is 23.8 Å². The van der Waals surface area contributed by atoms with Crippen LogP contribution in [-0.4, -0.2) is 37.3 Å². The van der Waals surface area contributed by atoms with Crippen molar-refractivity contribution in [1.29, 1.82) is 0 Å². The van der Waals surface area contributed by atoms with Gasteiger partial charge in [-0.25, -0.2) is 14.2 Å². The summed E-state index contributed by atoms with van der Waals surface area (Å²) in [6.07, 6.45) is 1.94. The number of carbonyl (C=O) groups is 1. The second-order valence-corrected chi connectivity index (χ2v) is 8.10. The van der Waals surface area contributed by atoms with Gasteiger partial charge in [-0.2, -0.15) is 0 Å². The number of rotatable bonds is 5. The molecule has 1 aliphatic rings. The molecule has 0 aliphatic carbocycles. The molecule has 166 valence electrons. The molecule has 2 aromatic carbocycles. The van der Waals surface area contributed by atoms with Gasteiger partial charge in [0.2, 0.25) is 0 Å². The standard InChI is InChI=1S/C24H24ClFN4O2/c1-32-20-9-2-16(3-10-20)21-15-30(23-11-6-18(26)14-27-23)13-12-22(21)29-24(31)28-19-7-4-17(25)5-8-19/h2-11,14,21-22H,12-13,15H2,1H3,(H2,28,29,31)/t21-,22+/m0/s1. The van der Waals surface area contributed by atoms with Crippen LogP contribution in [0.3, 0.4) is 0 Å². The minimum absolute atomic E-state index is 0.0116. The Labute approximate surface area is 191 Å². The van der Waals surface area contributed by atoms with E-state index >= 15 is 0 Å². The second kappa shape index (κ2) is 9.87. The van der Waals surface area contributed by atoms with Crippen molar-refractivity contribution in [3.63, 3.8) is 0 Å². The number of halogens is 2. The third kappa shape index (κ3) is 5.29. The van der Waals surface area contributed by atoms with E-state index in [1.165, 1.54) is 12.3 Å². The third-order valence-electron chi connectivity index (χ3n) is 5.61. The Morgan fingerprint density at radius 1 is 1.12 bits per heavy atom.